The fourth-order valence-corrected chi connectivity index (χ4v) is 2.80. The summed E-state index contributed by atoms with van der Waals surface area (Å²) in [5, 5.41) is 0. The van der Waals surface area contributed by atoms with E-state index in [4.69, 9.17) is 0 Å². The van der Waals surface area contributed by atoms with Crippen LogP contribution < -0.4 is 5.48 Å². The highest BCUT2D eigenvalue weighted by molar-refractivity contribution is 7.99. The molecule has 2 amide bonds. The molecular formula is C11H18N2O3S. The van der Waals surface area contributed by atoms with Gasteiger partial charge in [-0.05, 0) is 13.3 Å². The molecule has 0 aliphatic carbocycles. The summed E-state index contributed by atoms with van der Waals surface area (Å²) in [6, 6.07) is -0.437. The zero-order valence-corrected chi connectivity index (χ0v) is 11.2. The standard InChI is InChI=1S/C11H18N2O3S/c1-4-5-8(2)11(15)13-7-17-6-9(13)10(14)12-16-3/h5,9H,4,6-7H2,1-3H3,(H,12,14). The van der Waals surface area contributed by atoms with Crippen LogP contribution in [0.5, 0.6) is 0 Å². The Morgan fingerprint density at radius 1 is 1.59 bits per heavy atom. The van der Waals surface area contributed by atoms with Crippen LogP contribution in [0.3, 0.4) is 0 Å². The van der Waals surface area contributed by atoms with Crippen molar-refractivity contribution in [3.05, 3.63) is 11.6 Å². The van der Waals surface area contributed by atoms with Gasteiger partial charge in [0, 0.05) is 11.3 Å². The van der Waals surface area contributed by atoms with Crippen molar-refractivity contribution in [2.45, 2.75) is 26.3 Å². The van der Waals surface area contributed by atoms with E-state index in [0.717, 1.165) is 6.42 Å². The third-order valence-electron chi connectivity index (χ3n) is 2.50. The highest BCUT2D eigenvalue weighted by atomic mass is 32.2. The van der Waals surface area contributed by atoms with E-state index in [2.05, 4.69) is 10.3 Å². The molecule has 1 aliphatic heterocycles. The molecule has 0 aromatic heterocycles. The van der Waals surface area contributed by atoms with Gasteiger partial charge in [-0.25, -0.2) is 5.48 Å². The Labute approximate surface area is 106 Å². The first-order valence-electron chi connectivity index (χ1n) is 5.50. The van der Waals surface area contributed by atoms with Crippen LogP contribution in [-0.4, -0.2) is 41.5 Å². The highest BCUT2D eigenvalue weighted by Crippen LogP contribution is 2.23. The van der Waals surface area contributed by atoms with Crippen molar-refractivity contribution in [2.24, 2.45) is 0 Å². The van der Waals surface area contributed by atoms with Gasteiger partial charge in [0.1, 0.15) is 6.04 Å². The number of nitrogens with zero attached hydrogens (tertiary/aromatic N) is 1. The number of rotatable bonds is 4. The molecule has 1 heterocycles. The average molecular weight is 258 g/mol. The molecule has 6 heteroatoms. The molecule has 5 nitrogen and oxygen atoms in total. The fraction of sp³-hybridized carbons (Fsp3) is 0.636. The third-order valence-corrected chi connectivity index (χ3v) is 3.51. The summed E-state index contributed by atoms with van der Waals surface area (Å²) in [4.78, 5) is 29.9. The Balaban J connectivity index is 2.72. The zero-order valence-electron chi connectivity index (χ0n) is 10.4. The Morgan fingerprint density at radius 2 is 2.29 bits per heavy atom. The van der Waals surface area contributed by atoms with E-state index in [1.807, 2.05) is 13.0 Å². The van der Waals surface area contributed by atoms with Crippen LogP contribution in [-0.2, 0) is 14.4 Å². The van der Waals surface area contributed by atoms with Crippen molar-refractivity contribution >= 4 is 23.6 Å². The van der Waals surface area contributed by atoms with Gasteiger partial charge in [0.05, 0.1) is 13.0 Å². The summed E-state index contributed by atoms with van der Waals surface area (Å²) in [5.74, 6) is 0.818. The van der Waals surface area contributed by atoms with Gasteiger partial charge < -0.3 is 4.90 Å². The summed E-state index contributed by atoms with van der Waals surface area (Å²) >= 11 is 1.57. The number of hydrogen-bond acceptors (Lipinski definition) is 4. The van der Waals surface area contributed by atoms with E-state index in [0.29, 0.717) is 17.2 Å². The molecule has 0 aromatic rings. The smallest absolute Gasteiger partial charge is 0.267 e. The minimum atomic E-state index is -0.437. The topological polar surface area (TPSA) is 58.6 Å². The largest absolute Gasteiger partial charge is 0.317 e. The van der Waals surface area contributed by atoms with Crippen molar-refractivity contribution in [2.75, 3.05) is 18.7 Å². The maximum Gasteiger partial charge on any atom is 0.267 e. The normalized spacial score (nSPS) is 20.5. The van der Waals surface area contributed by atoms with Crippen LogP contribution in [0.1, 0.15) is 20.3 Å². The molecule has 96 valence electrons. The van der Waals surface area contributed by atoms with Gasteiger partial charge in [0.2, 0.25) is 0 Å². The van der Waals surface area contributed by atoms with Crippen molar-refractivity contribution in [3.63, 3.8) is 0 Å². The Bertz CT molecular complexity index is 331. The molecule has 0 saturated carbocycles. The Morgan fingerprint density at radius 3 is 2.88 bits per heavy atom. The van der Waals surface area contributed by atoms with E-state index in [1.165, 1.54) is 7.11 Å². The average Bonchev–Trinajstić information content (AvgIpc) is 2.77. The van der Waals surface area contributed by atoms with Gasteiger partial charge in [-0.3, -0.25) is 14.4 Å². The Hall–Kier alpha value is -1.01. The lowest BCUT2D eigenvalue weighted by Gasteiger charge is -2.22. The maximum atomic E-state index is 12.1. The van der Waals surface area contributed by atoms with Crippen LogP contribution in [0.15, 0.2) is 11.6 Å². The monoisotopic (exact) mass is 258 g/mol. The van der Waals surface area contributed by atoms with Crippen molar-refractivity contribution in [1.82, 2.24) is 10.4 Å². The first-order chi connectivity index (χ1) is 8.11. The highest BCUT2D eigenvalue weighted by Gasteiger charge is 2.34. The number of carbonyl (C=O) groups excluding carboxylic acids is 2. The summed E-state index contributed by atoms with van der Waals surface area (Å²) in [7, 11) is 1.38. The van der Waals surface area contributed by atoms with Gasteiger partial charge in [0.15, 0.2) is 0 Å². The lowest BCUT2D eigenvalue weighted by Crippen LogP contribution is -2.47. The molecule has 1 unspecified atom stereocenters. The number of nitrogens with one attached hydrogen (secondary N) is 1. The molecule has 0 aromatic carbocycles. The SMILES string of the molecule is CCC=C(C)C(=O)N1CSCC1C(=O)NOC. The molecule has 1 aliphatic rings. The van der Waals surface area contributed by atoms with Gasteiger partial charge in [0.25, 0.3) is 11.8 Å². The van der Waals surface area contributed by atoms with Gasteiger partial charge in [-0.15, -0.1) is 11.8 Å². The molecule has 1 atom stereocenters. The third kappa shape index (κ3) is 3.47. The molecule has 17 heavy (non-hydrogen) atoms. The van der Waals surface area contributed by atoms with Crippen molar-refractivity contribution in [3.8, 4) is 0 Å². The second-order valence-electron chi connectivity index (χ2n) is 3.76. The minimum Gasteiger partial charge on any atom is -0.317 e. The molecular weight excluding hydrogens is 240 g/mol. The van der Waals surface area contributed by atoms with Gasteiger partial charge >= 0.3 is 0 Å². The van der Waals surface area contributed by atoms with Crippen molar-refractivity contribution < 1.29 is 14.4 Å². The Kier molecular flexibility index (Phi) is 5.50. The zero-order chi connectivity index (χ0) is 12.8. The summed E-state index contributed by atoms with van der Waals surface area (Å²) < 4.78 is 0. The lowest BCUT2D eigenvalue weighted by molar-refractivity contribution is -0.141. The number of carbonyl (C=O) groups is 2. The van der Waals surface area contributed by atoms with E-state index in [-0.39, 0.29) is 11.8 Å². The van der Waals surface area contributed by atoms with Gasteiger partial charge in [-0.1, -0.05) is 13.0 Å². The van der Waals surface area contributed by atoms with E-state index in [9.17, 15) is 9.59 Å². The predicted octanol–water partition coefficient (Wildman–Crippen LogP) is 0.922. The van der Waals surface area contributed by atoms with Crippen LogP contribution in [0.4, 0.5) is 0 Å². The van der Waals surface area contributed by atoms with E-state index >= 15 is 0 Å². The summed E-state index contributed by atoms with van der Waals surface area (Å²) in [6.45, 7) is 3.75. The van der Waals surface area contributed by atoms with E-state index in [1.54, 1.807) is 23.6 Å². The van der Waals surface area contributed by atoms with E-state index < -0.39 is 6.04 Å². The molecule has 0 radical (unpaired) electrons. The maximum absolute atomic E-state index is 12.1. The summed E-state index contributed by atoms with van der Waals surface area (Å²) in [5.41, 5.74) is 2.96. The second kappa shape index (κ2) is 6.66. The first-order valence-corrected chi connectivity index (χ1v) is 6.65. The first kappa shape index (κ1) is 14.1. The second-order valence-corrected chi connectivity index (χ2v) is 4.76. The molecule has 0 bridgehead atoms. The minimum absolute atomic E-state index is 0.0758. The van der Waals surface area contributed by atoms with Crippen LogP contribution in [0, 0.1) is 0 Å². The predicted molar refractivity (Wildman–Crippen MR) is 67.2 cm³/mol. The quantitative estimate of drug-likeness (QED) is 0.602. The van der Waals surface area contributed by atoms with Crippen LogP contribution in [0.25, 0.3) is 0 Å². The number of allylic oxidation sites excluding steroid dienone is 1. The van der Waals surface area contributed by atoms with Crippen molar-refractivity contribution in [1.29, 1.82) is 0 Å². The number of hydrogen-bond donors (Lipinski definition) is 1. The fourth-order valence-electron chi connectivity index (χ4n) is 1.65. The van der Waals surface area contributed by atoms with Crippen LogP contribution >= 0.6 is 11.8 Å². The lowest BCUT2D eigenvalue weighted by atomic mass is 10.2. The summed E-state index contributed by atoms with van der Waals surface area (Å²) in [6.07, 6.45) is 2.68. The number of amides is 2. The number of thioether (sulfide) groups is 1. The number of hydroxylamine groups is 1. The van der Waals surface area contributed by atoms with Gasteiger partial charge in [-0.2, -0.15) is 0 Å². The molecule has 1 fully saturated rings. The van der Waals surface area contributed by atoms with Crippen LogP contribution in [0.2, 0.25) is 0 Å². The molecule has 0 spiro atoms. The molecule has 1 N–H and O–H groups in total. The molecule has 1 saturated heterocycles. The molecule has 1 rings (SSSR count).